The molecule has 0 aliphatic heterocycles. The largest absolute Gasteiger partial charge is 0.457 e. The molecule has 19 heteroatoms. The van der Waals surface area contributed by atoms with Gasteiger partial charge < -0.3 is 61.6 Å². The quantitative estimate of drug-likeness (QED) is 0.0485. The molecule has 0 spiro atoms. The molecule has 6 unspecified atom stereocenters. The minimum absolute atomic E-state index is 0.0562. The summed E-state index contributed by atoms with van der Waals surface area (Å²) >= 11 is 0. The summed E-state index contributed by atoms with van der Waals surface area (Å²) in [7, 11) is 0. The molecule has 368 valence electrons. The van der Waals surface area contributed by atoms with Gasteiger partial charge in [-0.2, -0.15) is 0 Å². The van der Waals surface area contributed by atoms with Gasteiger partial charge in [-0.05, 0) is 41.5 Å². The van der Waals surface area contributed by atoms with E-state index in [1.165, 1.54) is 0 Å². The summed E-state index contributed by atoms with van der Waals surface area (Å²) in [4.78, 5) is 71.4. The zero-order valence-corrected chi connectivity index (χ0v) is 38.8. The molecule has 0 aromatic heterocycles. The summed E-state index contributed by atoms with van der Waals surface area (Å²) < 4.78 is 74.8. The maximum atomic E-state index is 11.9. The third-order valence-corrected chi connectivity index (χ3v) is 8.29. The highest BCUT2D eigenvalue weighted by molar-refractivity contribution is 5.83. The van der Waals surface area contributed by atoms with Crippen molar-refractivity contribution in [1.29, 1.82) is 0 Å². The van der Waals surface area contributed by atoms with Gasteiger partial charge in [0.2, 0.25) is 0 Å². The molecule has 65 heavy (non-hydrogen) atoms. The van der Waals surface area contributed by atoms with Gasteiger partial charge in [-0.25, -0.2) is 28.8 Å². The van der Waals surface area contributed by atoms with Gasteiger partial charge in [-0.1, -0.05) is 39.5 Å². The van der Waals surface area contributed by atoms with Crippen LogP contribution in [0.25, 0.3) is 0 Å². The lowest BCUT2D eigenvalue weighted by Crippen LogP contribution is -2.47. The van der Waals surface area contributed by atoms with Crippen LogP contribution in [0.3, 0.4) is 0 Å². The summed E-state index contributed by atoms with van der Waals surface area (Å²) in [6.07, 6.45) is 2.02. The van der Waals surface area contributed by atoms with E-state index in [1.807, 2.05) is 0 Å². The Morgan fingerprint density at radius 3 is 0.585 bits per heavy atom. The minimum Gasteiger partial charge on any atom is -0.457 e. The first kappa shape index (κ1) is 60.0. The molecule has 0 rings (SSSR count). The van der Waals surface area contributed by atoms with Crippen LogP contribution >= 0.6 is 0 Å². The Morgan fingerprint density at radius 1 is 0.308 bits per heavy atom. The van der Waals surface area contributed by atoms with Gasteiger partial charge >= 0.3 is 35.8 Å². The maximum Gasteiger partial charge on any atom is 0.330 e. The van der Waals surface area contributed by atoms with Crippen LogP contribution in [0.1, 0.15) is 41.5 Å². The van der Waals surface area contributed by atoms with Crippen molar-refractivity contribution in [3.05, 3.63) is 75.9 Å². The van der Waals surface area contributed by atoms with E-state index in [0.717, 1.165) is 36.5 Å². The Labute approximate surface area is 382 Å². The second kappa shape index (κ2) is 34.3. The van der Waals surface area contributed by atoms with E-state index in [-0.39, 0.29) is 92.5 Å². The molecular weight excluding hydrogens is 856 g/mol. The lowest BCUT2D eigenvalue weighted by molar-refractivity contribution is -0.167. The molecule has 0 bridgehead atoms. The standard InChI is InChI=1S/C46H70O19/c1-13-39(47)60-33(7)19-53-25-45(26-54-20-34(8)61-40(48)14-2,27-55-21-35(9)62-41(49)15-3)31-59-32-46(28-56-22-36(10)63-42(50)16-4,29-57-23-37(11)64-43(51)17-5)30-58-24-38(12)65-44(52)18-6/h13-18,33-38H,1-6,19-32H2,7-12H3. The number of esters is 6. The SMILES string of the molecule is C=CC(=O)OC(C)COCC(COCC(C)OC(=O)C=C)(COCC(C)OC(=O)C=C)COCC(COCC(C)OC(=O)C=C)(COCC(C)OC(=O)C=C)COCC(C)OC(=O)C=C. The summed E-state index contributed by atoms with van der Waals surface area (Å²) in [6.45, 7) is 29.0. The summed E-state index contributed by atoms with van der Waals surface area (Å²) in [5, 5.41) is 0. The Morgan fingerprint density at radius 2 is 0.446 bits per heavy atom. The van der Waals surface area contributed by atoms with Crippen molar-refractivity contribution in [1.82, 2.24) is 0 Å². The Hall–Kier alpha value is -5.02. The van der Waals surface area contributed by atoms with Gasteiger partial charge in [-0.3, -0.25) is 0 Å². The van der Waals surface area contributed by atoms with Gasteiger partial charge in [-0.15, -0.1) is 0 Å². The molecule has 0 radical (unpaired) electrons. The number of hydrogen-bond acceptors (Lipinski definition) is 19. The number of carbonyl (C=O) groups is 6. The van der Waals surface area contributed by atoms with Gasteiger partial charge in [0.25, 0.3) is 0 Å². The van der Waals surface area contributed by atoms with E-state index in [1.54, 1.807) is 41.5 Å². The molecular formula is C46H70O19. The van der Waals surface area contributed by atoms with Crippen molar-refractivity contribution in [3.63, 3.8) is 0 Å². The van der Waals surface area contributed by atoms with Gasteiger partial charge in [0.15, 0.2) is 0 Å². The number of hydrogen-bond donors (Lipinski definition) is 0. The highest BCUT2D eigenvalue weighted by Crippen LogP contribution is 2.26. The van der Waals surface area contributed by atoms with Crippen LogP contribution in [-0.4, -0.2) is 165 Å². The second-order valence-electron chi connectivity index (χ2n) is 15.3. The average molecular weight is 927 g/mol. The van der Waals surface area contributed by atoms with Crippen LogP contribution in [0, 0.1) is 10.8 Å². The molecule has 0 aliphatic carbocycles. The fraction of sp³-hybridized carbons (Fsp3) is 0.609. The fourth-order valence-electron chi connectivity index (χ4n) is 5.31. The van der Waals surface area contributed by atoms with Crippen LogP contribution in [0.4, 0.5) is 0 Å². The monoisotopic (exact) mass is 926 g/mol. The number of ether oxygens (including phenoxy) is 13. The smallest absolute Gasteiger partial charge is 0.330 e. The molecule has 0 aliphatic rings. The molecule has 0 saturated heterocycles. The first-order valence-corrected chi connectivity index (χ1v) is 20.8. The first-order chi connectivity index (χ1) is 30.8. The molecule has 0 heterocycles. The van der Waals surface area contributed by atoms with Crippen molar-refractivity contribution in [2.45, 2.75) is 78.2 Å². The highest BCUT2D eigenvalue weighted by atomic mass is 16.6. The van der Waals surface area contributed by atoms with Crippen LogP contribution in [-0.2, 0) is 90.3 Å². The summed E-state index contributed by atoms with van der Waals surface area (Å²) in [5.74, 6) is -3.88. The van der Waals surface area contributed by atoms with E-state index in [4.69, 9.17) is 61.6 Å². The second-order valence-corrected chi connectivity index (χ2v) is 15.3. The summed E-state index contributed by atoms with van der Waals surface area (Å²) in [5.41, 5.74) is -2.32. The third kappa shape index (κ3) is 29.2. The zero-order valence-electron chi connectivity index (χ0n) is 38.8. The number of rotatable bonds is 40. The van der Waals surface area contributed by atoms with Crippen molar-refractivity contribution in [3.8, 4) is 0 Å². The van der Waals surface area contributed by atoms with E-state index in [2.05, 4.69) is 39.5 Å². The zero-order chi connectivity index (χ0) is 49.3. The lowest BCUT2D eigenvalue weighted by atomic mass is 9.90. The normalized spacial score (nSPS) is 15.6. The predicted octanol–water partition coefficient (Wildman–Crippen LogP) is 3.78. The van der Waals surface area contributed by atoms with E-state index < -0.39 is 83.3 Å². The number of carbonyl (C=O) groups excluding carboxylic acids is 6. The fourth-order valence-corrected chi connectivity index (χ4v) is 5.31. The predicted molar refractivity (Wildman–Crippen MR) is 235 cm³/mol. The van der Waals surface area contributed by atoms with Crippen LogP contribution < -0.4 is 0 Å². The molecule has 6 atom stereocenters. The Kier molecular flexibility index (Phi) is 31.7. The molecule has 0 saturated carbocycles. The molecule has 0 fully saturated rings. The summed E-state index contributed by atoms with van der Waals surface area (Å²) in [6, 6.07) is 0. The molecule has 19 nitrogen and oxygen atoms in total. The molecule has 0 aromatic carbocycles. The average Bonchev–Trinajstić information content (AvgIpc) is 3.25. The van der Waals surface area contributed by atoms with Crippen LogP contribution in [0.5, 0.6) is 0 Å². The highest BCUT2D eigenvalue weighted by Gasteiger charge is 2.38. The van der Waals surface area contributed by atoms with E-state index in [0.29, 0.717) is 0 Å². The topological polar surface area (TPSA) is 222 Å². The van der Waals surface area contributed by atoms with Crippen molar-refractivity contribution >= 4 is 35.8 Å². The van der Waals surface area contributed by atoms with Crippen LogP contribution in [0.15, 0.2) is 75.9 Å². The van der Waals surface area contributed by atoms with Crippen LogP contribution in [0.2, 0.25) is 0 Å². The van der Waals surface area contributed by atoms with Crippen molar-refractivity contribution in [2.75, 3.05) is 92.5 Å². The molecule has 0 aromatic rings. The lowest BCUT2D eigenvalue weighted by Gasteiger charge is -2.37. The Bertz CT molecular complexity index is 1250. The third-order valence-electron chi connectivity index (χ3n) is 8.29. The molecule has 0 amide bonds. The minimum atomic E-state index is -1.16. The Balaban J connectivity index is 7.00. The van der Waals surface area contributed by atoms with Crippen molar-refractivity contribution in [2.24, 2.45) is 10.8 Å². The van der Waals surface area contributed by atoms with Gasteiger partial charge in [0, 0.05) is 36.5 Å². The van der Waals surface area contributed by atoms with Gasteiger partial charge in [0.1, 0.15) is 36.6 Å². The molecule has 0 N–H and O–H groups in total. The van der Waals surface area contributed by atoms with Crippen molar-refractivity contribution < 1.29 is 90.3 Å². The van der Waals surface area contributed by atoms with Gasteiger partial charge in [0.05, 0.1) is 103 Å². The van der Waals surface area contributed by atoms with E-state index >= 15 is 0 Å². The van der Waals surface area contributed by atoms with E-state index in [9.17, 15) is 28.8 Å². The first-order valence-electron chi connectivity index (χ1n) is 20.8. The maximum absolute atomic E-state index is 11.9.